The largest absolute Gasteiger partial charge is 2.00 e. The SMILES string of the molecule is C1CCCC1.O=C(CCCCCCCCSSCCCCCCCCCCCNC(=O)c1cccc(N2C(=O)C=CC2=O)c1)CCC1CCCC1.[CH3-].[CH3-].[Fe+2]. The number of carbonyl (C=O) groups excluding carboxylic acids is 4. The van der Waals surface area contributed by atoms with E-state index in [4.69, 9.17) is 0 Å². The Hall–Kier alpha value is -1.54. The molecule has 0 spiro atoms. The molecule has 0 saturated heterocycles. The van der Waals surface area contributed by atoms with Crippen molar-refractivity contribution in [2.24, 2.45) is 5.92 Å². The number of amides is 3. The third kappa shape index (κ3) is 24.2. The van der Waals surface area contributed by atoms with Crippen LogP contribution in [0.4, 0.5) is 5.69 Å². The van der Waals surface area contributed by atoms with Crippen molar-refractivity contribution in [3.8, 4) is 0 Å². The molecule has 0 aromatic heterocycles. The van der Waals surface area contributed by atoms with Crippen LogP contribution in [0.25, 0.3) is 0 Å². The van der Waals surface area contributed by atoms with E-state index in [1.54, 1.807) is 24.3 Å². The van der Waals surface area contributed by atoms with E-state index in [1.165, 1.54) is 158 Å². The summed E-state index contributed by atoms with van der Waals surface area (Å²) in [5.41, 5.74) is 0.873. The van der Waals surface area contributed by atoms with Crippen LogP contribution in [0, 0.1) is 20.8 Å². The second-order valence-electron chi connectivity index (χ2n) is 14.8. The van der Waals surface area contributed by atoms with Gasteiger partial charge in [-0.3, -0.25) is 19.2 Å². The summed E-state index contributed by atoms with van der Waals surface area (Å²) in [6.07, 6.45) is 36.9. The summed E-state index contributed by atoms with van der Waals surface area (Å²) >= 11 is 0. The molecule has 0 bridgehead atoms. The average molecular weight is 827 g/mol. The first-order chi connectivity index (χ1) is 25.0. The number of rotatable bonds is 27. The van der Waals surface area contributed by atoms with Gasteiger partial charge >= 0.3 is 17.1 Å². The van der Waals surface area contributed by atoms with E-state index in [-0.39, 0.29) is 49.6 Å². The summed E-state index contributed by atoms with van der Waals surface area (Å²) in [5.74, 6) is 2.94. The summed E-state index contributed by atoms with van der Waals surface area (Å²) in [5, 5.41) is 2.95. The average Bonchev–Trinajstić information content (AvgIpc) is 3.95. The summed E-state index contributed by atoms with van der Waals surface area (Å²) in [7, 11) is 4.09. The fourth-order valence-corrected chi connectivity index (χ4v) is 9.54. The maximum absolute atomic E-state index is 12.5. The van der Waals surface area contributed by atoms with Crippen LogP contribution in [0.2, 0.25) is 0 Å². The number of nitrogens with one attached hydrogen (secondary N) is 1. The van der Waals surface area contributed by atoms with E-state index in [9.17, 15) is 19.2 Å². The zero-order chi connectivity index (χ0) is 36.2. The summed E-state index contributed by atoms with van der Waals surface area (Å²) in [6.45, 7) is 0.630. The van der Waals surface area contributed by atoms with Crippen LogP contribution in [0.5, 0.6) is 0 Å². The number of hydrogen-bond donors (Lipinski definition) is 1. The Kier molecular flexibility index (Phi) is 33.7. The Morgan fingerprint density at radius 1 is 0.630 bits per heavy atom. The minimum Gasteiger partial charge on any atom is -0.358 e. The molecule has 2 fully saturated rings. The number of Topliss-reactive ketones (excluding diaryl/α,β-unsaturated/α-hetero) is 1. The van der Waals surface area contributed by atoms with Gasteiger partial charge in [0.25, 0.3) is 17.7 Å². The number of ketones is 1. The van der Waals surface area contributed by atoms with E-state index in [1.807, 2.05) is 21.6 Å². The first-order valence-electron chi connectivity index (χ1n) is 20.7. The van der Waals surface area contributed by atoms with Crippen LogP contribution in [0.3, 0.4) is 0 Å². The minimum absolute atomic E-state index is 0. The van der Waals surface area contributed by atoms with Crippen molar-refractivity contribution in [1.82, 2.24) is 5.32 Å². The molecule has 0 radical (unpaired) electrons. The monoisotopic (exact) mass is 826 g/mol. The van der Waals surface area contributed by atoms with Crippen molar-refractivity contribution in [3.63, 3.8) is 0 Å². The summed E-state index contributed by atoms with van der Waals surface area (Å²) in [6, 6.07) is 6.64. The van der Waals surface area contributed by atoms with Crippen molar-refractivity contribution in [3.05, 3.63) is 56.8 Å². The van der Waals surface area contributed by atoms with Gasteiger partial charge in [0.05, 0.1) is 5.69 Å². The van der Waals surface area contributed by atoms with Crippen molar-refractivity contribution >= 4 is 50.8 Å². The van der Waals surface area contributed by atoms with Crippen molar-refractivity contribution < 1.29 is 36.2 Å². The van der Waals surface area contributed by atoms with E-state index in [0.29, 0.717) is 23.6 Å². The van der Waals surface area contributed by atoms with Gasteiger partial charge in [-0.15, -0.1) is 0 Å². The zero-order valence-corrected chi connectivity index (χ0v) is 36.7. The molecular formula is C45H74FeN2O4S2. The second-order valence-corrected chi connectivity index (χ2v) is 17.5. The van der Waals surface area contributed by atoms with Crippen molar-refractivity contribution in [2.45, 2.75) is 173 Å². The Bertz CT molecular complexity index is 1140. The first kappa shape index (κ1) is 52.5. The molecular weight excluding hydrogens is 752 g/mol. The zero-order valence-electron chi connectivity index (χ0n) is 34.0. The molecule has 9 heteroatoms. The Labute approximate surface area is 349 Å². The number of imide groups is 1. The van der Waals surface area contributed by atoms with Gasteiger partial charge in [-0.2, -0.15) is 0 Å². The van der Waals surface area contributed by atoms with Crippen LogP contribution < -0.4 is 10.2 Å². The molecule has 1 aliphatic heterocycles. The van der Waals surface area contributed by atoms with Crippen LogP contribution in [-0.2, 0) is 31.5 Å². The Morgan fingerprint density at radius 3 is 1.65 bits per heavy atom. The van der Waals surface area contributed by atoms with Gasteiger partial charge in [-0.05, 0) is 56.2 Å². The van der Waals surface area contributed by atoms with Gasteiger partial charge in [0.1, 0.15) is 5.78 Å². The fraction of sp³-hybridized carbons (Fsp3) is 0.689. The standard InChI is InChI=1S/C38H58N2O4S2.C5H10.2CH3.Fe/c41-35(25-24-32-19-13-14-20-32)23-12-8-4-7-11-17-30-46-45-29-16-10-6-3-1-2-5-9-15-28-39-38(44)33-21-18-22-34(31-33)40-36(42)26-27-37(40)43;1-2-4-5-3-1;;;/h18,21-22,26-27,31-32H,1-17,19-20,23-25,28-30H2,(H,39,44);1-5H2;2*1H3;/q;;2*-1;+2. The molecule has 3 aliphatic rings. The number of nitrogens with zero attached hydrogens (tertiary/aromatic N) is 1. The molecule has 4 rings (SSSR count). The molecule has 1 N–H and O–H groups in total. The molecule has 54 heavy (non-hydrogen) atoms. The quantitative estimate of drug-likeness (QED) is 0.0313. The summed E-state index contributed by atoms with van der Waals surface area (Å²) in [4.78, 5) is 49.4. The molecule has 3 amide bonds. The van der Waals surface area contributed by atoms with Crippen molar-refractivity contribution in [2.75, 3.05) is 23.0 Å². The van der Waals surface area contributed by atoms with Crippen LogP contribution in [-0.4, -0.2) is 41.6 Å². The van der Waals surface area contributed by atoms with E-state index < -0.39 is 0 Å². The molecule has 1 heterocycles. The van der Waals surface area contributed by atoms with Crippen LogP contribution >= 0.6 is 21.6 Å². The van der Waals surface area contributed by atoms with Gasteiger partial charge < -0.3 is 20.2 Å². The number of unbranched alkanes of at least 4 members (excludes halogenated alkanes) is 13. The van der Waals surface area contributed by atoms with E-state index in [2.05, 4.69) is 5.32 Å². The maximum atomic E-state index is 12.5. The van der Waals surface area contributed by atoms with Gasteiger partial charge in [0.15, 0.2) is 0 Å². The molecule has 6 nitrogen and oxygen atoms in total. The normalized spacial score (nSPS) is 14.9. The molecule has 2 aliphatic carbocycles. The maximum Gasteiger partial charge on any atom is 2.00 e. The first-order valence-corrected chi connectivity index (χ1v) is 23.2. The number of anilines is 1. The van der Waals surface area contributed by atoms with Gasteiger partial charge in [-0.1, -0.05) is 156 Å². The third-order valence-electron chi connectivity index (χ3n) is 10.4. The Morgan fingerprint density at radius 2 is 1.11 bits per heavy atom. The van der Waals surface area contributed by atoms with Gasteiger partial charge in [-0.25, -0.2) is 4.90 Å². The summed E-state index contributed by atoms with van der Waals surface area (Å²) < 4.78 is 0. The minimum atomic E-state index is -0.384. The molecule has 1 aromatic rings. The Balaban J connectivity index is 0.00000323. The molecule has 1 aromatic carbocycles. The molecule has 2 saturated carbocycles. The molecule has 0 atom stereocenters. The van der Waals surface area contributed by atoms with Gasteiger partial charge in [0.2, 0.25) is 0 Å². The number of benzene rings is 1. The molecule has 308 valence electrons. The van der Waals surface area contributed by atoms with E-state index in [0.717, 1.165) is 49.3 Å². The fourth-order valence-electron chi connectivity index (χ4n) is 7.25. The van der Waals surface area contributed by atoms with Crippen LogP contribution in [0.1, 0.15) is 184 Å². The second kappa shape index (κ2) is 34.7. The predicted octanol–water partition coefficient (Wildman–Crippen LogP) is 12.9. The third-order valence-corrected chi connectivity index (χ3v) is 13.0. The number of carbonyl (C=O) groups is 4. The topological polar surface area (TPSA) is 83.6 Å². The molecule has 0 unspecified atom stereocenters. The van der Waals surface area contributed by atoms with Crippen molar-refractivity contribution in [1.29, 1.82) is 0 Å². The van der Waals surface area contributed by atoms with Gasteiger partial charge in [0, 0.05) is 48.6 Å². The predicted molar refractivity (Wildman–Crippen MR) is 231 cm³/mol. The van der Waals surface area contributed by atoms with Crippen LogP contribution in [0.15, 0.2) is 36.4 Å². The smallest absolute Gasteiger partial charge is 0.358 e. The van der Waals surface area contributed by atoms with E-state index >= 15 is 0 Å². The number of hydrogen-bond acceptors (Lipinski definition) is 6.